The van der Waals surface area contributed by atoms with Gasteiger partial charge in [-0.15, -0.1) is 11.3 Å². The predicted octanol–water partition coefficient (Wildman–Crippen LogP) is 4.84. The fourth-order valence-electron chi connectivity index (χ4n) is 5.02. The van der Waals surface area contributed by atoms with Crippen LogP contribution in [0.3, 0.4) is 0 Å². The summed E-state index contributed by atoms with van der Waals surface area (Å²) in [6.45, 7) is 5.10. The molecule has 2 N–H and O–H groups in total. The number of carbonyl (C=O) groups excluding carboxylic acids is 1. The molecule has 0 saturated carbocycles. The number of thiophene rings is 1. The van der Waals surface area contributed by atoms with Crippen molar-refractivity contribution in [3.63, 3.8) is 0 Å². The van der Waals surface area contributed by atoms with Gasteiger partial charge in [0.1, 0.15) is 4.88 Å². The quantitative estimate of drug-likeness (QED) is 0.348. The summed E-state index contributed by atoms with van der Waals surface area (Å²) in [7, 11) is 1.76. The Hall–Kier alpha value is -3.05. The number of hydrogen-bond donors (Lipinski definition) is 2. The molecule has 6 rings (SSSR count). The number of rotatable bonds is 5. The van der Waals surface area contributed by atoms with E-state index < -0.39 is 0 Å². The number of nitrogens with one attached hydrogen (secondary N) is 2. The number of carbonyl (C=O) groups is 1. The average Bonchev–Trinajstić information content (AvgIpc) is 3.22. The van der Waals surface area contributed by atoms with Gasteiger partial charge in [-0.1, -0.05) is 0 Å². The zero-order chi connectivity index (χ0) is 25.5. The van der Waals surface area contributed by atoms with Crippen molar-refractivity contribution in [3.05, 3.63) is 46.2 Å². The molecule has 5 heterocycles. The number of hydrogen-bond acceptors (Lipinski definition) is 9. The molecule has 0 spiro atoms. The van der Waals surface area contributed by atoms with Crippen LogP contribution in [0.25, 0.3) is 21.0 Å². The fourth-order valence-corrected chi connectivity index (χ4v) is 6.24. The molecule has 1 saturated heterocycles. The van der Waals surface area contributed by atoms with Gasteiger partial charge < -0.3 is 20.1 Å². The monoisotopic (exact) mass is 538 g/mol. The minimum absolute atomic E-state index is 0.0477. The maximum atomic E-state index is 12.7. The second-order valence-corrected chi connectivity index (χ2v) is 10.9. The zero-order valence-corrected chi connectivity index (χ0v) is 22.2. The molecule has 4 aromatic rings. The lowest BCUT2D eigenvalue weighted by Crippen LogP contribution is -2.38. The van der Waals surface area contributed by atoms with Gasteiger partial charge in [-0.05, 0) is 56.1 Å². The standard InChI is InChI=1S/C26H27ClN6O3S/c1-14-10-28-22-21-17-5-8-20(31-18(17)6-7-19(21)37-23(22)24(34)30-14)36-25-15(11-29-26(27)32-25)12-33-9-3-4-16(13-33)35-2/h5-8,11,14,16,28H,3-4,9-10,12-13H2,1-2H3,(H,30,34)/t14-,16+/m1/s1. The van der Waals surface area contributed by atoms with Crippen LogP contribution in [0.15, 0.2) is 30.5 Å². The number of amides is 1. The smallest absolute Gasteiger partial charge is 0.263 e. The van der Waals surface area contributed by atoms with Crippen LogP contribution in [-0.4, -0.2) is 64.6 Å². The van der Waals surface area contributed by atoms with Crippen LogP contribution in [0.4, 0.5) is 5.69 Å². The third-order valence-corrected chi connectivity index (χ3v) is 8.19. The Morgan fingerprint density at radius 3 is 3.00 bits per heavy atom. The Bertz CT molecular complexity index is 1490. The summed E-state index contributed by atoms with van der Waals surface area (Å²) in [5, 5.41) is 8.56. The van der Waals surface area contributed by atoms with Crippen LogP contribution < -0.4 is 15.4 Å². The lowest BCUT2D eigenvalue weighted by atomic mass is 10.1. The van der Waals surface area contributed by atoms with E-state index in [2.05, 4.69) is 25.5 Å². The first kappa shape index (κ1) is 24.3. The van der Waals surface area contributed by atoms with E-state index in [1.54, 1.807) is 13.3 Å². The number of halogens is 1. The summed E-state index contributed by atoms with van der Waals surface area (Å²) in [6, 6.07) is 7.81. The van der Waals surface area contributed by atoms with Crippen LogP contribution in [0.1, 0.15) is 35.0 Å². The molecule has 11 heteroatoms. The van der Waals surface area contributed by atoms with Crippen molar-refractivity contribution >= 4 is 55.5 Å². The van der Waals surface area contributed by atoms with Gasteiger partial charge in [0.05, 0.1) is 17.3 Å². The molecule has 9 nitrogen and oxygen atoms in total. The van der Waals surface area contributed by atoms with Crippen LogP contribution >= 0.6 is 22.9 Å². The second kappa shape index (κ2) is 10.0. The van der Waals surface area contributed by atoms with Crippen LogP contribution in [0.5, 0.6) is 11.8 Å². The summed E-state index contributed by atoms with van der Waals surface area (Å²) in [5.41, 5.74) is 2.47. The molecule has 2 aliphatic heterocycles. The van der Waals surface area contributed by atoms with Gasteiger partial charge in [-0.3, -0.25) is 9.69 Å². The summed E-state index contributed by atoms with van der Waals surface area (Å²) in [6.07, 6.45) is 4.07. The fraction of sp³-hybridized carbons (Fsp3) is 0.385. The number of pyridine rings is 1. The lowest BCUT2D eigenvalue weighted by Gasteiger charge is -2.31. The number of benzene rings is 1. The Labute approximate surface area is 223 Å². The molecule has 0 unspecified atom stereocenters. The van der Waals surface area contributed by atoms with Gasteiger partial charge in [0, 0.05) is 66.1 Å². The van der Waals surface area contributed by atoms with Gasteiger partial charge in [-0.2, -0.15) is 4.98 Å². The lowest BCUT2D eigenvalue weighted by molar-refractivity contribution is 0.0282. The first-order valence-corrected chi connectivity index (χ1v) is 13.5. The number of anilines is 1. The number of fused-ring (bicyclic) bond motifs is 5. The third kappa shape index (κ3) is 4.82. The maximum Gasteiger partial charge on any atom is 0.263 e. The van der Waals surface area contributed by atoms with Crippen molar-refractivity contribution in [1.29, 1.82) is 0 Å². The highest BCUT2D eigenvalue weighted by Crippen LogP contribution is 2.41. The predicted molar refractivity (Wildman–Crippen MR) is 145 cm³/mol. The molecular weight excluding hydrogens is 512 g/mol. The SMILES string of the molecule is CO[C@H]1CCCN(Cc2cnc(Cl)nc2Oc2ccc3c(ccc4sc5c(c43)NC[C@@H](C)NC5=O)n2)C1. The highest BCUT2D eigenvalue weighted by molar-refractivity contribution is 7.21. The van der Waals surface area contributed by atoms with Gasteiger partial charge in [0.2, 0.25) is 17.0 Å². The van der Waals surface area contributed by atoms with E-state index >= 15 is 0 Å². The van der Waals surface area contributed by atoms with Crippen molar-refractivity contribution < 1.29 is 14.3 Å². The Kier molecular flexibility index (Phi) is 6.58. The van der Waals surface area contributed by atoms with Crippen molar-refractivity contribution in [2.45, 2.75) is 38.5 Å². The van der Waals surface area contributed by atoms with Gasteiger partial charge in [0.15, 0.2) is 0 Å². The van der Waals surface area contributed by atoms with E-state index in [0.717, 1.165) is 58.2 Å². The summed E-state index contributed by atoms with van der Waals surface area (Å²) in [5.74, 6) is 0.759. The molecule has 192 valence electrons. The van der Waals surface area contributed by atoms with Crippen LogP contribution in [-0.2, 0) is 11.3 Å². The number of nitrogens with zero attached hydrogens (tertiary/aromatic N) is 4. The van der Waals surface area contributed by atoms with E-state index in [9.17, 15) is 4.79 Å². The molecule has 0 radical (unpaired) electrons. The Balaban J connectivity index is 1.32. The number of ether oxygens (including phenoxy) is 2. The van der Waals surface area contributed by atoms with Gasteiger partial charge >= 0.3 is 0 Å². The Morgan fingerprint density at radius 1 is 1.24 bits per heavy atom. The van der Waals surface area contributed by atoms with E-state index in [1.165, 1.54) is 11.3 Å². The van der Waals surface area contributed by atoms with Crippen molar-refractivity contribution in [2.24, 2.45) is 0 Å². The average molecular weight is 539 g/mol. The van der Waals surface area contributed by atoms with Crippen molar-refractivity contribution in [3.8, 4) is 11.8 Å². The number of piperidine rings is 1. The summed E-state index contributed by atoms with van der Waals surface area (Å²) in [4.78, 5) is 29.0. The molecule has 3 aromatic heterocycles. The molecule has 1 aromatic carbocycles. The number of aromatic nitrogens is 3. The Morgan fingerprint density at radius 2 is 2.14 bits per heavy atom. The van der Waals surface area contributed by atoms with Crippen LogP contribution in [0.2, 0.25) is 5.28 Å². The topological polar surface area (TPSA) is 102 Å². The van der Waals surface area contributed by atoms with Crippen molar-refractivity contribution in [1.82, 2.24) is 25.2 Å². The largest absolute Gasteiger partial charge is 0.420 e. The summed E-state index contributed by atoms with van der Waals surface area (Å²) >= 11 is 7.62. The third-order valence-electron chi connectivity index (χ3n) is 6.85. The first-order chi connectivity index (χ1) is 18.0. The zero-order valence-electron chi connectivity index (χ0n) is 20.6. The molecule has 0 bridgehead atoms. The number of likely N-dealkylation sites (tertiary alicyclic amines) is 1. The molecule has 0 aliphatic carbocycles. The maximum absolute atomic E-state index is 12.7. The van der Waals surface area contributed by atoms with Crippen molar-refractivity contribution in [2.75, 3.05) is 32.1 Å². The highest BCUT2D eigenvalue weighted by atomic mass is 35.5. The second-order valence-electron chi connectivity index (χ2n) is 9.52. The molecule has 2 aliphatic rings. The molecule has 2 atom stereocenters. The molecule has 1 amide bonds. The van der Waals surface area contributed by atoms with Gasteiger partial charge in [-0.25, -0.2) is 9.97 Å². The van der Waals surface area contributed by atoms with E-state index in [1.807, 2.05) is 31.2 Å². The van der Waals surface area contributed by atoms with Gasteiger partial charge in [0.25, 0.3) is 5.91 Å². The van der Waals surface area contributed by atoms with E-state index in [-0.39, 0.29) is 23.3 Å². The van der Waals surface area contributed by atoms with E-state index in [4.69, 9.17) is 26.1 Å². The minimum atomic E-state index is -0.0477. The number of methoxy groups -OCH3 is 1. The van der Waals surface area contributed by atoms with E-state index in [0.29, 0.717) is 29.7 Å². The first-order valence-electron chi connectivity index (χ1n) is 12.3. The normalized spacial score (nSPS) is 20.4. The minimum Gasteiger partial charge on any atom is -0.420 e. The van der Waals surface area contributed by atoms with Crippen LogP contribution in [0, 0.1) is 0 Å². The molecule has 37 heavy (non-hydrogen) atoms. The summed E-state index contributed by atoms with van der Waals surface area (Å²) < 4.78 is 12.8. The molecular formula is C26H27ClN6O3S. The molecule has 1 fully saturated rings. The highest BCUT2D eigenvalue weighted by Gasteiger charge is 2.25.